The summed E-state index contributed by atoms with van der Waals surface area (Å²) >= 11 is 0. The lowest BCUT2D eigenvalue weighted by atomic mass is 9.83. The Morgan fingerprint density at radius 3 is 2.47 bits per heavy atom. The molecule has 1 aliphatic carbocycles. The predicted molar refractivity (Wildman–Crippen MR) is 57.4 cm³/mol. The van der Waals surface area contributed by atoms with Crippen molar-refractivity contribution < 1.29 is 15.0 Å². The quantitative estimate of drug-likeness (QED) is 0.641. The molecule has 0 aromatic rings. The lowest BCUT2D eigenvalue weighted by Crippen LogP contribution is -2.27. The maximum absolute atomic E-state index is 10.4. The Balaban J connectivity index is 2.14. The van der Waals surface area contributed by atoms with Crippen LogP contribution in [0.15, 0.2) is 0 Å². The minimum Gasteiger partial charge on any atom is -0.481 e. The van der Waals surface area contributed by atoms with Gasteiger partial charge >= 0.3 is 5.97 Å². The van der Waals surface area contributed by atoms with E-state index in [0.29, 0.717) is 12.3 Å². The van der Waals surface area contributed by atoms with E-state index < -0.39 is 5.97 Å². The van der Waals surface area contributed by atoms with Crippen LogP contribution >= 0.6 is 0 Å². The Labute approximate surface area is 90.5 Å². The van der Waals surface area contributed by atoms with Crippen LogP contribution in [-0.4, -0.2) is 28.3 Å². The van der Waals surface area contributed by atoms with Gasteiger partial charge in [0.2, 0.25) is 0 Å². The molecule has 0 bridgehead atoms. The van der Waals surface area contributed by atoms with Crippen LogP contribution in [-0.2, 0) is 4.79 Å². The Kier molecular flexibility index (Phi) is 5.05. The van der Waals surface area contributed by atoms with Crippen molar-refractivity contribution in [3.63, 3.8) is 0 Å². The van der Waals surface area contributed by atoms with Gasteiger partial charge in [-0.05, 0) is 44.4 Å². The van der Waals surface area contributed by atoms with Crippen molar-refractivity contribution in [2.45, 2.75) is 57.1 Å². The summed E-state index contributed by atoms with van der Waals surface area (Å²) in [6.07, 6.45) is 5.30. The van der Waals surface area contributed by atoms with E-state index in [4.69, 9.17) is 10.8 Å². The van der Waals surface area contributed by atoms with Gasteiger partial charge < -0.3 is 15.9 Å². The SMILES string of the molecule is NC(CCC(=O)O)CC1CCC(O)CC1. The maximum Gasteiger partial charge on any atom is 0.303 e. The number of aliphatic hydroxyl groups is 1. The zero-order chi connectivity index (χ0) is 11.3. The van der Waals surface area contributed by atoms with Gasteiger partial charge in [0.1, 0.15) is 0 Å². The topological polar surface area (TPSA) is 83.6 Å². The smallest absolute Gasteiger partial charge is 0.303 e. The summed E-state index contributed by atoms with van der Waals surface area (Å²) in [5, 5.41) is 17.8. The summed E-state index contributed by atoms with van der Waals surface area (Å²) < 4.78 is 0. The highest BCUT2D eigenvalue weighted by Gasteiger charge is 2.21. The first kappa shape index (κ1) is 12.5. The third-order valence-corrected chi connectivity index (χ3v) is 3.18. The molecule has 0 heterocycles. The molecule has 0 aromatic carbocycles. The Bertz CT molecular complexity index is 200. The molecule has 0 saturated heterocycles. The van der Waals surface area contributed by atoms with Crippen LogP contribution in [0, 0.1) is 5.92 Å². The van der Waals surface area contributed by atoms with E-state index in [1.807, 2.05) is 0 Å². The standard InChI is InChI=1S/C11H21NO3/c12-9(3-6-11(14)15)7-8-1-4-10(13)5-2-8/h8-10,13H,1-7,12H2,(H,14,15). The van der Waals surface area contributed by atoms with Gasteiger partial charge in [-0.15, -0.1) is 0 Å². The van der Waals surface area contributed by atoms with Gasteiger partial charge in [-0.1, -0.05) is 0 Å². The highest BCUT2D eigenvalue weighted by molar-refractivity contribution is 5.66. The van der Waals surface area contributed by atoms with Gasteiger partial charge in [-0.25, -0.2) is 0 Å². The number of carboxylic acids is 1. The second kappa shape index (κ2) is 6.08. The second-order valence-electron chi connectivity index (χ2n) is 4.60. The molecular formula is C11H21NO3. The molecule has 15 heavy (non-hydrogen) atoms. The summed E-state index contributed by atoms with van der Waals surface area (Å²) in [5.41, 5.74) is 5.86. The number of aliphatic hydroxyl groups excluding tert-OH is 1. The van der Waals surface area contributed by atoms with Crippen molar-refractivity contribution >= 4 is 5.97 Å². The van der Waals surface area contributed by atoms with E-state index in [9.17, 15) is 9.90 Å². The van der Waals surface area contributed by atoms with Crippen LogP contribution < -0.4 is 5.73 Å². The number of hydrogen-bond acceptors (Lipinski definition) is 3. The average Bonchev–Trinajstić information content (AvgIpc) is 2.19. The first-order valence-corrected chi connectivity index (χ1v) is 5.73. The average molecular weight is 215 g/mol. The fourth-order valence-electron chi connectivity index (χ4n) is 2.24. The molecule has 0 radical (unpaired) electrons. The number of aliphatic carboxylic acids is 1. The Hall–Kier alpha value is -0.610. The number of rotatable bonds is 5. The molecular weight excluding hydrogens is 194 g/mol. The van der Waals surface area contributed by atoms with Crippen LogP contribution in [0.1, 0.15) is 44.9 Å². The largest absolute Gasteiger partial charge is 0.481 e. The summed E-state index contributed by atoms with van der Waals surface area (Å²) in [4.78, 5) is 10.4. The second-order valence-corrected chi connectivity index (χ2v) is 4.60. The molecule has 1 aliphatic rings. The fourth-order valence-corrected chi connectivity index (χ4v) is 2.24. The van der Waals surface area contributed by atoms with E-state index in [0.717, 1.165) is 32.1 Å². The first-order valence-electron chi connectivity index (χ1n) is 5.73. The minimum atomic E-state index is -0.774. The van der Waals surface area contributed by atoms with Crippen LogP contribution in [0.4, 0.5) is 0 Å². The molecule has 4 nitrogen and oxygen atoms in total. The summed E-state index contributed by atoms with van der Waals surface area (Å²) in [6.45, 7) is 0. The monoisotopic (exact) mass is 215 g/mol. The summed E-state index contributed by atoms with van der Waals surface area (Å²) in [5.74, 6) is -0.193. The third kappa shape index (κ3) is 5.14. The molecule has 0 amide bonds. The third-order valence-electron chi connectivity index (χ3n) is 3.18. The molecule has 0 aromatic heterocycles. The molecule has 0 aliphatic heterocycles. The lowest BCUT2D eigenvalue weighted by Gasteiger charge is -2.27. The predicted octanol–water partition coefficient (Wildman–Crippen LogP) is 1.12. The van der Waals surface area contributed by atoms with Crippen LogP contribution in [0.5, 0.6) is 0 Å². The number of hydrogen-bond donors (Lipinski definition) is 3. The van der Waals surface area contributed by atoms with Crippen molar-refractivity contribution in [3.8, 4) is 0 Å². The molecule has 1 fully saturated rings. The van der Waals surface area contributed by atoms with Gasteiger partial charge in [0.05, 0.1) is 6.10 Å². The highest BCUT2D eigenvalue weighted by atomic mass is 16.4. The number of nitrogens with two attached hydrogens (primary N) is 1. The van der Waals surface area contributed by atoms with Gasteiger partial charge in [0.15, 0.2) is 0 Å². The zero-order valence-corrected chi connectivity index (χ0v) is 9.06. The minimum absolute atomic E-state index is 0.00124. The first-order chi connectivity index (χ1) is 7.08. The van der Waals surface area contributed by atoms with Crippen molar-refractivity contribution in [3.05, 3.63) is 0 Å². The van der Waals surface area contributed by atoms with Crippen molar-refractivity contribution in [2.24, 2.45) is 11.7 Å². The molecule has 1 rings (SSSR count). The van der Waals surface area contributed by atoms with Gasteiger partial charge in [-0.2, -0.15) is 0 Å². The number of carbonyl (C=O) groups is 1. The Morgan fingerprint density at radius 2 is 1.93 bits per heavy atom. The molecule has 88 valence electrons. The van der Waals surface area contributed by atoms with Crippen molar-refractivity contribution in [1.29, 1.82) is 0 Å². The van der Waals surface area contributed by atoms with E-state index in [1.54, 1.807) is 0 Å². The van der Waals surface area contributed by atoms with E-state index in [-0.39, 0.29) is 18.6 Å². The molecule has 1 saturated carbocycles. The molecule has 1 atom stereocenters. The van der Waals surface area contributed by atoms with Crippen molar-refractivity contribution in [1.82, 2.24) is 0 Å². The van der Waals surface area contributed by atoms with Crippen LogP contribution in [0.3, 0.4) is 0 Å². The molecule has 1 unspecified atom stereocenters. The lowest BCUT2D eigenvalue weighted by molar-refractivity contribution is -0.137. The molecule has 4 N–H and O–H groups in total. The molecule has 4 heteroatoms. The van der Waals surface area contributed by atoms with E-state index >= 15 is 0 Å². The normalized spacial score (nSPS) is 28.7. The van der Waals surface area contributed by atoms with Crippen molar-refractivity contribution in [2.75, 3.05) is 0 Å². The fraction of sp³-hybridized carbons (Fsp3) is 0.909. The van der Waals surface area contributed by atoms with Gasteiger partial charge in [0, 0.05) is 12.5 Å². The van der Waals surface area contributed by atoms with Crippen LogP contribution in [0.2, 0.25) is 0 Å². The van der Waals surface area contributed by atoms with E-state index in [2.05, 4.69) is 0 Å². The highest BCUT2D eigenvalue weighted by Crippen LogP contribution is 2.27. The van der Waals surface area contributed by atoms with Gasteiger partial charge in [0.25, 0.3) is 0 Å². The summed E-state index contributed by atoms with van der Waals surface area (Å²) in [6, 6.07) is 0.00124. The summed E-state index contributed by atoms with van der Waals surface area (Å²) in [7, 11) is 0. The number of carboxylic acid groups (broad SMARTS) is 1. The Morgan fingerprint density at radius 1 is 1.33 bits per heavy atom. The van der Waals surface area contributed by atoms with Crippen LogP contribution in [0.25, 0.3) is 0 Å². The molecule has 0 spiro atoms. The zero-order valence-electron chi connectivity index (χ0n) is 9.06. The van der Waals surface area contributed by atoms with Gasteiger partial charge in [-0.3, -0.25) is 4.79 Å². The van der Waals surface area contributed by atoms with E-state index in [1.165, 1.54) is 0 Å². The maximum atomic E-state index is 10.4.